The molecule has 0 unspecified atom stereocenters. The van der Waals surface area contributed by atoms with Crippen LogP contribution in [-0.2, 0) is 16.4 Å². The summed E-state index contributed by atoms with van der Waals surface area (Å²) in [5.41, 5.74) is 2.38. The lowest BCUT2D eigenvalue weighted by Gasteiger charge is -2.25. The van der Waals surface area contributed by atoms with Crippen LogP contribution in [0.2, 0.25) is 5.02 Å². The first-order chi connectivity index (χ1) is 13.9. The van der Waals surface area contributed by atoms with Crippen molar-refractivity contribution >= 4 is 50.0 Å². The van der Waals surface area contributed by atoms with Crippen LogP contribution < -0.4 is 10.2 Å². The Morgan fingerprint density at radius 1 is 1.21 bits per heavy atom. The quantitative estimate of drug-likeness (QED) is 0.776. The van der Waals surface area contributed by atoms with E-state index in [2.05, 4.69) is 5.32 Å². The number of aliphatic imine (C=N–C) groups is 1. The molecule has 152 valence electrons. The molecule has 1 N–H and O–H groups in total. The molecule has 0 radical (unpaired) electrons. The van der Waals surface area contributed by atoms with E-state index in [1.54, 1.807) is 19.2 Å². The number of amidine groups is 1. The molecule has 4 rings (SSSR count). The van der Waals surface area contributed by atoms with Crippen LogP contribution in [0.1, 0.15) is 15.9 Å². The van der Waals surface area contributed by atoms with Crippen LogP contribution in [0.25, 0.3) is 0 Å². The summed E-state index contributed by atoms with van der Waals surface area (Å²) in [6.45, 7) is 0.497. The third-order valence-electron chi connectivity index (χ3n) is 4.99. The van der Waals surface area contributed by atoms with Crippen molar-refractivity contribution in [3.8, 4) is 0 Å². The average molecular weight is 450 g/mol. The molecule has 9 heteroatoms. The highest BCUT2D eigenvalue weighted by Crippen LogP contribution is 2.37. The summed E-state index contributed by atoms with van der Waals surface area (Å²) in [6, 6.07) is 14.7. The molecular weight excluding hydrogens is 430 g/mol. The molecule has 2 heterocycles. The molecule has 1 amide bonds. The molecule has 2 aromatic rings. The molecule has 2 aliphatic heterocycles. The number of anilines is 1. The second-order valence-electron chi connectivity index (χ2n) is 7.02. The van der Waals surface area contributed by atoms with E-state index in [0.29, 0.717) is 17.1 Å². The molecule has 1 saturated heterocycles. The Labute approximate surface area is 179 Å². The number of fused-ring (bicyclic) bond motifs is 1. The minimum Gasteiger partial charge on any atom is -0.355 e. The fourth-order valence-corrected chi connectivity index (χ4v) is 7.45. The summed E-state index contributed by atoms with van der Waals surface area (Å²) in [6.07, 6.45) is 0. The average Bonchev–Trinajstić information content (AvgIpc) is 3.20. The van der Waals surface area contributed by atoms with Crippen LogP contribution in [0.15, 0.2) is 53.5 Å². The number of halogens is 1. The highest BCUT2D eigenvalue weighted by Gasteiger charge is 2.44. The fourth-order valence-electron chi connectivity index (χ4n) is 3.47. The van der Waals surface area contributed by atoms with Crippen LogP contribution in [0, 0.1) is 0 Å². The zero-order chi connectivity index (χ0) is 20.6. The van der Waals surface area contributed by atoms with Crippen LogP contribution in [0.3, 0.4) is 0 Å². The Morgan fingerprint density at radius 3 is 2.59 bits per heavy atom. The third kappa shape index (κ3) is 4.29. The lowest BCUT2D eigenvalue weighted by molar-refractivity contribution is 0.0963. The van der Waals surface area contributed by atoms with Gasteiger partial charge in [0.15, 0.2) is 15.0 Å². The van der Waals surface area contributed by atoms with Gasteiger partial charge in [-0.3, -0.25) is 9.79 Å². The SMILES string of the molecule is CNC(=O)c1ccc(N(Cc2ccccc2Cl)C2=N[C@H]3CS(=O)(=O)C[C@@H]3S2)cc1. The molecule has 6 nitrogen and oxygen atoms in total. The van der Waals surface area contributed by atoms with Crippen molar-refractivity contribution in [2.75, 3.05) is 23.5 Å². The van der Waals surface area contributed by atoms with Crippen LogP contribution in [-0.4, -0.2) is 49.3 Å². The van der Waals surface area contributed by atoms with E-state index >= 15 is 0 Å². The molecule has 0 saturated carbocycles. The van der Waals surface area contributed by atoms with Gasteiger partial charge in [-0.05, 0) is 35.9 Å². The third-order valence-corrected chi connectivity index (χ3v) is 8.61. The summed E-state index contributed by atoms with van der Waals surface area (Å²) in [5, 5.41) is 4.00. The highest BCUT2D eigenvalue weighted by molar-refractivity contribution is 8.15. The number of benzene rings is 2. The van der Waals surface area contributed by atoms with Crippen LogP contribution in [0.5, 0.6) is 0 Å². The molecule has 1 fully saturated rings. The van der Waals surface area contributed by atoms with Crippen molar-refractivity contribution in [3.05, 3.63) is 64.7 Å². The van der Waals surface area contributed by atoms with E-state index in [1.165, 1.54) is 11.8 Å². The van der Waals surface area contributed by atoms with E-state index in [-0.39, 0.29) is 28.7 Å². The summed E-state index contributed by atoms with van der Waals surface area (Å²) >= 11 is 7.88. The fraction of sp³-hybridized carbons (Fsp3) is 0.300. The van der Waals surface area contributed by atoms with Gasteiger partial charge in [0.05, 0.1) is 24.1 Å². The number of nitrogens with zero attached hydrogens (tertiary/aromatic N) is 2. The minimum absolute atomic E-state index is 0.0473. The van der Waals surface area contributed by atoms with Crippen molar-refractivity contribution in [2.24, 2.45) is 4.99 Å². The highest BCUT2D eigenvalue weighted by atomic mass is 35.5. The van der Waals surface area contributed by atoms with Gasteiger partial charge in [-0.15, -0.1) is 0 Å². The maximum atomic E-state index is 11.9. The van der Waals surface area contributed by atoms with Gasteiger partial charge in [-0.2, -0.15) is 0 Å². The van der Waals surface area contributed by atoms with Crippen molar-refractivity contribution in [1.29, 1.82) is 0 Å². The lowest BCUT2D eigenvalue weighted by atomic mass is 10.1. The largest absolute Gasteiger partial charge is 0.355 e. The number of rotatable bonds is 4. The predicted molar refractivity (Wildman–Crippen MR) is 119 cm³/mol. The molecule has 2 aliphatic rings. The van der Waals surface area contributed by atoms with Crippen molar-refractivity contribution in [3.63, 3.8) is 0 Å². The summed E-state index contributed by atoms with van der Waals surface area (Å²) < 4.78 is 23.8. The van der Waals surface area contributed by atoms with Crippen molar-refractivity contribution in [1.82, 2.24) is 5.32 Å². The second kappa shape index (κ2) is 8.01. The van der Waals surface area contributed by atoms with Crippen LogP contribution in [0.4, 0.5) is 5.69 Å². The minimum atomic E-state index is -3.01. The van der Waals surface area contributed by atoms with Gasteiger partial charge in [-0.1, -0.05) is 41.6 Å². The van der Waals surface area contributed by atoms with Gasteiger partial charge in [0.1, 0.15) is 0 Å². The first kappa shape index (κ1) is 20.3. The van der Waals surface area contributed by atoms with Gasteiger partial charge in [0.25, 0.3) is 5.91 Å². The number of nitrogens with one attached hydrogen (secondary N) is 1. The van der Waals surface area contributed by atoms with Gasteiger partial charge < -0.3 is 10.2 Å². The van der Waals surface area contributed by atoms with Gasteiger partial charge in [0, 0.05) is 28.6 Å². The predicted octanol–water partition coefficient (Wildman–Crippen LogP) is 2.97. The Hall–Kier alpha value is -2.03. The van der Waals surface area contributed by atoms with E-state index < -0.39 is 9.84 Å². The summed E-state index contributed by atoms with van der Waals surface area (Å²) in [4.78, 5) is 18.6. The first-order valence-electron chi connectivity index (χ1n) is 9.14. The molecular formula is C20H20ClN3O3S2. The Balaban J connectivity index is 1.67. The molecule has 0 aromatic heterocycles. The van der Waals surface area contributed by atoms with E-state index in [0.717, 1.165) is 16.4 Å². The van der Waals surface area contributed by atoms with E-state index in [1.807, 2.05) is 41.3 Å². The normalized spacial score (nSPS) is 22.1. The monoisotopic (exact) mass is 449 g/mol. The molecule has 0 spiro atoms. The number of carbonyl (C=O) groups is 1. The summed E-state index contributed by atoms with van der Waals surface area (Å²) in [5.74, 6) is 0.107. The molecule has 0 bridgehead atoms. The maximum Gasteiger partial charge on any atom is 0.251 e. The molecule has 2 atom stereocenters. The number of sulfone groups is 1. The second-order valence-corrected chi connectivity index (χ2v) is 10.8. The topological polar surface area (TPSA) is 78.8 Å². The van der Waals surface area contributed by atoms with Gasteiger partial charge in [-0.25, -0.2) is 8.42 Å². The Kier molecular flexibility index (Phi) is 5.59. The molecule has 0 aliphatic carbocycles. The molecule has 29 heavy (non-hydrogen) atoms. The Bertz CT molecular complexity index is 1070. The smallest absolute Gasteiger partial charge is 0.251 e. The van der Waals surface area contributed by atoms with Gasteiger partial charge in [0.2, 0.25) is 0 Å². The van der Waals surface area contributed by atoms with E-state index in [9.17, 15) is 13.2 Å². The maximum absolute atomic E-state index is 11.9. The lowest BCUT2D eigenvalue weighted by Crippen LogP contribution is -2.28. The standard InChI is InChI=1S/C20H20ClN3O3S2/c1-22-19(25)13-6-8-15(9-7-13)24(10-14-4-2-3-5-16(14)21)20-23-17-11-29(26,27)12-18(17)28-20/h2-9,17-18H,10-12H2,1H3,(H,22,25)/t17-,18-/m0/s1. The number of hydrogen-bond donors (Lipinski definition) is 1. The van der Waals surface area contributed by atoms with Crippen molar-refractivity contribution in [2.45, 2.75) is 17.8 Å². The number of carbonyl (C=O) groups excluding carboxylic acids is 1. The first-order valence-corrected chi connectivity index (χ1v) is 12.2. The number of hydrogen-bond acceptors (Lipinski definition) is 6. The summed E-state index contributed by atoms with van der Waals surface area (Å²) in [7, 11) is -1.42. The molecule has 2 aromatic carbocycles. The Morgan fingerprint density at radius 2 is 1.93 bits per heavy atom. The zero-order valence-electron chi connectivity index (χ0n) is 15.7. The number of amides is 1. The number of thioether (sulfide) groups is 1. The van der Waals surface area contributed by atoms with Crippen molar-refractivity contribution < 1.29 is 13.2 Å². The zero-order valence-corrected chi connectivity index (χ0v) is 18.1. The van der Waals surface area contributed by atoms with Crippen LogP contribution >= 0.6 is 23.4 Å². The van der Waals surface area contributed by atoms with E-state index in [4.69, 9.17) is 16.6 Å². The van der Waals surface area contributed by atoms with Gasteiger partial charge >= 0.3 is 0 Å².